The fourth-order valence-corrected chi connectivity index (χ4v) is 4.06. The van der Waals surface area contributed by atoms with Gasteiger partial charge in [-0.05, 0) is 36.6 Å². The lowest BCUT2D eigenvalue weighted by Crippen LogP contribution is -2.42. The van der Waals surface area contributed by atoms with E-state index in [-0.39, 0.29) is 17.8 Å². The van der Waals surface area contributed by atoms with Crippen LogP contribution in [0.15, 0.2) is 67.0 Å². The maximum atomic E-state index is 13.1. The van der Waals surface area contributed by atoms with Gasteiger partial charge in [0.1, 0.15) is 5.69 Å². The molecule has 4 aromatic rings. The van der Waals surface area contributed by atoms with Crippen molar-refractivity contribution in [2.24, 2.45) is 0 Å². The van der Waals surface area contributed by atoms with Crippen LogP contribution in [0.5, 0.6) is 0 Å². The number of amides is 2. The van der Waals surface area contributed by atoms with Crippen LogP contribution >= 0.6 is 0 Å². The minimum absolute atomic E-state index is 0.147. The van der Waals surface area contributed by atoms with Crippen LogP contribution in [-0.4, -0.2) is 38.2 Å². The summed E-state index contributed by atoms with van der Waals surface area (Å²) in [4.78, 5) is 38.9. The van der Waals surface area contributed by atoms with Gasteiger partial charge in [0, 0.05) is 35.6 Å². The molecular formula is C25H21N5O2. The molecule has 3 N–H and O–H groups in total. The zero-order valence-corrected chi connectivity index (χ0v) is 17.5. The molecule has 0 spiro atoms. The van der Waals surface area contributed by atoms with Crippen LogP contribution in [0.1, 0.15) is 32.0 Å². The Hall–Kier alpha value is -4.26. The number of nitrogen functional groups attached to an aromatic ring is 1. The molecule has 2 aromatic heterocycles. The van der Waals surface area contributed by atoms with Crippen LogP contribution in [0.2, 0.25) is 0 Å². The van der Waals surface area contributed by atoms with Crippen molar-refractivity contribution < 1.29 is 9.59 Å². The maximum Gasteiger partial charge on any atom is 0.277 e. The first-order valence-electron chi connectivity index (χ1n) is 10.3. The van der Waals surface area contributed by atoms with Gasteiger partial charge in [0.05, 0.1) is 5.69 Å². The second kappa shape index (κ2) is 7.77. The highest BCUT2D eigenvalue weighted by molar-refractivity contribution is 6.11. The molecule has 158 valence electrons. The Balaban J connectivity index is 1.49. The molecule has 0 fully saturated rings. The molecular weight excluding hydrogens is 402 g/mol. The molecule has 7 heteroatoms. The number of carbonyl (C=O) groups is 2. The number of rotatable bonds is 3. The van der Waals surface area contributed by atoms with Crippen molar-refractivity contribution >= 4 is 17.8 Å². The number of nitrogens with zero attached hydrogens (tertiary/aromatic N) is 3. The van der Waals surface area contributed by atoms with Gasteiger partial charge in [-0.15, -0.1) is 0 Å². The first-order chi connectivity index (χ1) is 15.5. The quantitative estimate of drug-likeness (QED) is 0.487. The van der Waals surface area contributed by atoms with Crippen molar-refractivity contribution in [3.05, 3.63) is 89.4 Å². The summed E-state index contributed by atoms with van der Waals surface area (Å²) in [6.07, 6.45) is 4.03. The average Bonchev–Trinajstić information content (AvgIpc) is 3.29. The van der Waals surface area contributed by atoms with Gasteiger partial charge >= 0.3 is 0 Å². The Labute approximate surface area is 184 Å². The molecule has 0 unspecified atom stereocenters. The summed E-state index contributed by atoms with van der Waals surface area (Å²) < 4.78 is 0. The number of carbonyl (C=O) groups excluding carboxylic acids is 2. The summed E-state index contributed by atoms with van der Waals surface area (Å²) in [7, 11) is 0. The SMILES string of the molecule is Cc1cccc(-c2cnc(N)nc2-c2c[nH]c(C(=O)N3CCc4ccccc4C3=O)c2)c1. The highest BCUT2D eigenvalue weighted by Gasteiger charge is 2.30. The predicted octanol–water partition coefficient (Wildman–Crippen LogP) is 3.87. The van der Waals surface area contributed by atoms with E-state index in [1.807, 2.05) is 49.4 Å². The zero-order valence-electron chi connectivity index (χ0n) is 17.5. The number of anilines is 1. The Bertz CT molecular complexity index is 1360. The molecule has 1 aliphatic rings. The first-order valence-corrected chi connectivity index (χ1v) is 10.3. The molecule has 2 amide bonds. The molecule has 32 heavy (non-hydrogen) atoms. The molecule has 1 aliphatic heterocycles. The first kappa shape index (κ1) is 19.7. The monoisotopic (exact) mass is 423 g/mol. The van der Waals surface area contributed by atoms with Gasteiger partial charge in [0.15, 0.2) is 0 Å². The fraction of sp³-hybridized carbons (Fsp3) is 0.120. The number of aryl methyl sites for hydroxylation is 1. The summed E-state index contributed by atoms with van der Waals surface area (Å²) in [6, 6.07) is 17.1. The van der Waals surface area contributed by atoms with E-state index in [0.717, 1.165) is 22.3 Å². The molecule has 3 heterocycles. The van der Waals surface area contributed by atoms with Crippen molar-refractivity contribution in [1.82, 2.24) is 19.9 Å². The van der Waals surface area contributed by atoms with Crippen LogP contribution in [0.3, 0.4) is 0 Å². The number of fused-ring (bicyclic) bond motifs is 1. The summed E-state index contributed by atoms with van der Waals surface area (Å²) in [6.45, 7) is 2.36. The Morgan fingerprint density at radius 1 is 1.06 bits per heavy atom. The normalized spacial score (nSPS) is 13.2. The lowest BCUT2D eigenvalue weighted by molar-refractivity contribution is 0.0602. The summed E-state index contributed by atoms with van der Waals surface area (Å²) in [5, 5.41) is 0. The van der Waals surface area contributed by atoms with Gasteiger partial charge in [-0.25, -0.2) is 9.97 Å². The number of H-pyrrole nitrogens is 1. The molecule has 0 bridgehead atoms. The molecule has 0 aliphatic carbocycles. The molecule has 5 rings (SSSR count). The van der Waals surface area contributed by atoms with Crippen LogP contribution in [-0.2, 0) is 6.42 Å². The van der Waals surface area contributed by atoms with E-state index in [1.54, 1.807) is 24.5 Å². The van der Waals surface area contributed by atoms with E-state index in [0.29, 0.717) is 35.5 Å². The number of aromatic amines is 1. The predicted molar refractivity (Wildman–Crippen MR) is 122 cm³/mol. The van der Waals surface area contributed by atoms with Crippen molar-refractivity contribution in [2.45, 2.75) is 13.3 Å². The maximum absolute atomic E-state index is 13.1. The number of nitrogens with one attached hydrogen (secondary N) is 1. The smallest absolute Gasteiger partial charge is 0.277 e. The Morgan fingerprint density at radius 2 is 1.91 bits per heavy atom. The highest BCUT2D eigenvalue weighted by atomic mass is 16.2. The summed E-state index contributed by atoms with van der Waals surface area (Å²) in [5.41, 5.74) is 11.9. The number of hydrogen-bond donors (Lipinski definition) is 2. The fourth-order valence-electron chi connectivity index (χ4n) is 4.06. The number of benzene rings is 2. The second-order valence-electron chi connectivity index (χ2n) is 7.83. The van der Waals surface area contributed by atoms with Crippen LogP contribution < -0.4 is 5.73 Å². The van der Waals surface area contributed by atoms with Crippen molar-refractivity contribution in [1.29, 1.82) is 0 Å². The molecule has 0 atom stereocenters. The van der Waals surface area contributed by atoms with E-state index < -0.39 is 0 Å². The number of aromatic nitrogens is 3. The second-order valence-corrected chi connectivity index (χ2v) is 7.83. The van der Waals surface area contributed by atoms with Crippen LogP contribution in [0.4, 0.5) is 5.95 Å². The number of hydrogen-bond acceptors (Lipinski definition) is 5. The van der Waals surface area contributed by atoms with Gasteiger partial charge < -0.3 is 10.7 Å². The average molecular weight is 423 g/mol. The van der Waals surface area contributed by atoms with Crippen LogP contribution in [0, 0.1) is 6.92 Å². The molecule has 0 saturated carbocycles. The zero-order chi connectivity index (χ0) is 22.2. The van der Waals surface area contributed by atoms with Crippen molar-refractivity contribution in [2.75, 3.05) is 12.3 Å². The van der Waals surface area contributed by atoms with E-state index in [1.165, 1.54) is 4.90 Å². The molecule has 0 radical (unpaired) electrons. The lowest BCUT2D eigenvalue weighted by atomic mass is 9.99. The minimum atomic E-state index is -0.366. The Morgan fingerprint density at radius 3 is 2.75 bits per heavy atom. The van der Waals surface area contributed by atoms with Gasteiger partial charge in [-0.3, -0.25) is 14.5 Å². The number of nitrogens with two attached hydrogens (primary N) is 1. The van der Waals surface area contributed by atoms with E-state index in [2.05, 4.69) is 15.0 Å². The van der Waals surface area contributed by atoms with E-state index >= 15 is 0 Å². The van der Waals surface area contributed by atoms with E-state index in [4.69, 9.17) is 5.73 Å². The third-order valence-corrected chi connectivity index (χ3v) is 5.67. The summed E-state index contributed by atoms with van der Waals surface area (Å²) >= 11 is 0. The van der Waals surface area contributed by atoms with Gasteiger partial charge in [0.2, 0.25) is 5.95 Å². The van der Waals surface area contributed by atoms with Gasteiger partial charge in [-0.2, -0.15) is 0 Å². The standard InChI is InChI=1S/C25H21N5O2/c1-15-5-4-7-17(11-15)20-14-28-25(26)29-22(20)18-12-21(27-13-18)24(32)30-10-9-16-6-2-3-8-19(16)23(30)31/h2-8,11-14,27H,9-10H2,1H3,(H2,26,28,29). The third kappa shape index (κ3) is 3.43. The largest absolute Gasteiger partial charge is 0.368 e. The molecule has 7 nitrogen and oxygen atoms in total. The lowest BCUT2D eigenvalue weighted by Gasteiger charge is -2.26. The molecule has 2 aromatic carbocycles. The minimum Gasteiger partial charge on any atom is -0.368 e. The topological polar surface area (TPSA) is 105 Å². The summed E-state index contributed by atoms with van der Waals surface area (Å²) in [5.74, 6) is -0.497. The highest BCUT2D eigenvalue weighted by Crippen LogP contribution is 2.32. The van der Waals surface area contributed by atoms with Crippen molar-refractivity contribution in [3.63, 3.8) is 0 Å². The number of imide groups is 1. The van der Waals surface area contributed by atoms with Crippen molar-refractivity contribution in [3.8, 4) is 22.4 Å². The molecule has 0 saturated heterocycles. The van der Waals surface area contributed by atoms with Gasteiger partial charge in [-0.1, -0.05) is 48.0 Å². The van der Waals surface area contributed by atoms with Crippen LogP contribution in [0.25, 0.3) is 22.4 Å². The van der Waals surface area contributed by atoms with Gasteiger partial charge in [0.25, 0.3) is 11.8 Å². The Kier molecular flexibility index (Phi) is 4.78. The third-order valence-electron chi connectivity index (χ3n) is 5.67. The van der Waals surface area contributed by atoms with E-state index in [9.17, 15) is 9.59 Å².